The summed E-state index contributed by atoms with van der Waals surface area (Å²) in [4.78, 5) is 0. The van der Waals surface area contributed by atoms with Crippen LogP contribution in [-0.2, 0) is 20.9 Å². The zero-order chi connectivity index (χ0) is 23.1. The van der Waals surface area contributed by atoms with Crippen LogP contribution in [0.25, 0.3) is 34.4 Å². The van der Waals surface area contributed by atoms with Crippen molar-refractivity contribution in [3.05, 3.63) is 131 Å². The summed E-state index contributed by atoms with van der Waals surface area (Å²) < 4.78 is 1.35. The number of fused-ring (bicyclic) bond motifs is 2. The predicted octanol–water partition coefficient (Wildman–Crippen LogP) is 2.47. The van der Waals surface area contributed by atoms with E-state index < -0.39 is 26.8 Å². The first-order valence-corrected chi connectivity index (χ1v) is 22.3. The summed E-state index contributed by atoms with van der Waals surface area (Å²) in [7, 11) is 0. The van der Waals surface area contributed by atoms with Crippen molar-refractivity contribution >= 4 is 18.1 Å². The van der Waals surface area contributed by atoms with Crippen molar-refractivity contribution in [1.82, 2.24) is 0 Å². The SMILES string of the molecule is C[SiH](C)[Zr+2]([CH]1C=Cc2c(-c3ccccc3)cccc21)[CH]1C=Cc2c(-c3ccccc3)cccc21.[Cl-].[Cl-]. The number of benzene rings is 4. The zero-order valence-corrected chi connectivity index (χ0v) is 25.7. The van der Waals surface area contributed by atoms with E-state index in [0.717, 1.165) is 0 Å². The van der Waals surface area contributed by atoms with Crippen molar-refractivity contribution in [1.29, 1.82) is 0 Å². The number of halogens is 2. The van der Waals surface area contributed by atoms with E-state index >= 15 is 0 Å². The molecule has 0 bridgehead atoms. The summed E-state index contributed by atoms with van der Waals surface area (Å²) >= 11 is -1.90. The Labute approximate surface area is 236 Å². The van der Waals surface area contributed by atoms with Crippen molar-refractivity contribution in [2.75, 3.05) is 0 Å². The normalized spacial score (nSPS) is 16.8. The van der Waals surface area contributed by atoms with Crippen molar-refractivity contribution < 1.29 is 45.7 Å². The second-order valence-electron chi connectivity index (χ2n) is 9.68. The molecule has 0 N–H and O–H groups in total. The smallest absolute Gasteiger partial charge is 1.00 e. The standard InChI is InChI=1S/2C15H11.C2H7Si.2ClH.Zr/c2*1-2-6-12(7-3-1)14-10-4-8-13-9-5-11-15(13)14;1-3-2;;;/h2*1-11H;3H,1-2H3;2*1H;/q;;;;;+2/p-2. The van der Waals surface area contributed by atoms with Crippen molar-refractivity contribution in [3.8, 4) is 22.3 Å². The van der Waals surface area contributed by atoms with Gasteiger partial charge in [0.05, 0.1) is 0 Å². The third kappa shape index (κ3) is 4.82. The second-order valence-corrected chi connectivity index (χ2v) is 30.0. The van der Waals surface area contributed by atoms with Gasteiger partial charge in [0.2, 0.25) is 0 Å². The molecule has 0 saturated heterocycles. The van der Waals surface area contributed by atoms with Gasteiger partial charge in [-0.05, 0) is 0 Å². The van der Waals surface area contributed by atoms with Gasteiger partial charge < -0.3 is 24.8 Å². The molecule has 4 aromatic rings. The van der Waals surface area contributed by atoms with Crippen LogP contribution in [-0.4, -0.2) is 5.92 Å². The fraction of sp³-hybridized carbons (Fsp3) is 0.125. The maximum atomic E-state index is 2.62. The van der Waals surface area contributed by atoms with Crippen LogP contribution in [0.4, 0.5) is 0 Å². The van der Waals surface area contributed by atoms with E-state index in [1.165, 1.54) is 33.4 Å². The van der Waals surface area contributed by atoms with Crippen molar-refractivity contribution in [3.63, 3.8) is 0 Å². The molecule has 2 atom stereocenters. The molecule has 6 rings (SSSR count). The zero-order valence-electron chi connectivity index (χ0n) is 20.5. The van der Waals surface area contributed by atoms with E-state index in [1.54, 1.807) is 11.1 Å². The van der Waals surface area contributed by atoms with Gasteiger partial charge in [-0.15, -0.1) is 0 Å². The molecule has 2 unspecified atom stereocenters. The minimum Gasteiger partial charge on any atom is -1.00 e. The summed E-state index contributed by atoms with van der Waals surface area (Å²) in [6, 6.07) is 35.8. The van der Waals surface area contributed by atoms with Gasteiger partial charge in [0.1, 0.15) is 0 Å². The van der Waals surface area contributed by atoms with Gasteiger partial charge in [0.15, 0.2) is 0 Å². The average Bonchev–Trinajstić information content (AvgIpc) is 3.50. The van der Waals surface area contributed by atoms with Crippen LogP contribution in [0, 0.1) is 0 Å². The molecule has 36 heavy (non-hydrogen) atoms. The van der Waals surface area contributed by atoms with Gasteiger partial charge in [-0.2, -0.15) is 0 Å². The number of rotatable bonds is 5. The van der Waals surface area contributed by atoms with E-state index in [1.807, 2.05) is 0 Å². The number of hydrogen-bond acceptors (Lipinski definition) is 0. The second kappa shape index (κ2) is 11.6. The van der Waals surface area contributed by atoms with Crippen molar-refractivity contribution in [2.45, 2.75) is 20.3 Å². The first-order chi connectivity index (χ1) is 16.7. The van der Waals surface area contributed by atoms with Crippen molar-refractivity contribution in [2.24, 2.45) is 0 Å². The summed E-state index contributed by atoms with van der Waals surface area (Å²) in [5.74, 6) is -0.794. The van der Waals surface area contributed by atoms with Crippen LogP contribution in [0.15, 0.2) is 109 Å². The van der Waals surface area contributed by atoms with Gasteiger partial charge in [-0.3, -0.25) is 0 Å². The molecule has 0 aromatic heterocycles. The van der Waals surface area contributed by atoms with Crippen LogP contribution in [0.5, 0.6) is 0 Å². The molecule has 0 saturated carbocycles. The molecule has 0 spiro atoms. The summed E-state index contributed by atoms with van der Waals surface area (Å²) in [5, 5.41) is 0. The molecule has 179 valence electrons. The van der Waals surface area contributed by atoms with E-state index in [2.05, 4.69) is 134 Å². The average molecular weight is 604 g/mol. The van der Waals surface area contributed by atoms with Crippen LogP contribution in [0.1, 0.15) is 29.5 Å². The third-order valence-corrected chi connectivity index (χ3v) is 28.8. The van der Waals surface area contributed by atoms with Gasteiger partial charge >= 0.3 is 213 Å². The first kappa shape index (κ1) is 27.1. The van der Waals surface area contributed by atoms with Gasteiger partial charge in [-0.25, -0.2) is 0 Å². The molecule has 0 radical (unpaired) electrons. The molecule has 0 amide bonds. The maximum absolute atomic E-state index is 2.62. The first-order valence-electron chi connectivity index (χ1n) is 12.3. The van der Waals surface area contributed by atoms with Crippen LogP contribution >= 0.6 is 0 Å². The molecule has 0 aliphatic heterocycles. The van der Waals surface area contributed by atoms with Gasteiger partial charge in [-0.1, -0.05) is 0 Å². The molecule has 0 heterocycles. The Bertz CT molecular complexity index is 1290. The molecule has 2 aliphatic carbocycles. The molecular weight excluding hydrogens is 575 g/mol. The molecule has 0 nitrogen and oxygen atoms in total. The van der Waals surface area contributed by atoms with E-state index in [-0.39, 0.29) is 24.8 Å². The topological polar surface area (TPSA) is 0 Å². The van der Waals surface area contributed by atoms with E-state index in [0.29, 0.717) is 7.25 Å². The molecule has 4 heteroatoms. The Balaban J connectivity index is 0.00000152. The Kier molecular flexibility index (Phi) is 8.74. The largest absolute Gasteiger partial charge is 1.00 e. The Morgan fingerprint density at radius 3 is 1.33 bits per heavy atom. The van der Waals surface area contributed by atoms with Crippen LogP contribution in [0.2, 0.25) is 13.1 Å². The Hall–Kier alpha value is -1.96. The molecule has 0 fully saturated rings. The summed E-state index contributed by atoms with van der Waals surface area (Å²) in [6.07, 6.45) is 10.1. The van der Waals surface area contributed by atoms with Gasteiger partial charge in [0, 0.05) is 0 Å². The Morgan fingerprint density at radius 2 is 0.944 bits per heavy atom. The minimum absolute atomic E-state index is 0. The number of hydrogen-bond donors (Lipinski definition) is 0. The third-order valence-electron chi connectivity index (χ3n) is 7.41. The van der Waals surface area contributed by atoms with Crippen LogP contribution < -0.4 is 24.8 Å². The van der Waals surface area contributed by atoms with E-state index in [9.17, 15) is 0 Å². The summed E-state index contributed by atoms with van der Waals surface area (Å²) in [5.41, 5.74) is 11.6. The Morgan fingerprint density at radius 1 is 0.528 bits per heavy atom. The molecule has 2 aliphatic rings. The summed E-state index contributed by atoms with van der Waals surface area (Å²) in [6.45, 7) is 5.24. The predicted molar refractivity (Wildman–Crippen MR) is 146 cm³/mol. The van der Waals surface area contributed by atoms with E-state index in [4.69, 9.17) is 0 Å². The minimum atomic E-state index is -1.90. The van der Waals surface area contributed by atoms with Gasteiger partial charge in [0.25, 0.3) is 0 Å². The van der Waals surface area contributed by atoms with Crippen LogP contribution in [0.3, 0.4) is 0 Å². The molecular formula is C32H29Cl2SiZr. The quantitative estimate of drug-likeness (QED) is 0.308. The monoisotopic (exact) mass is 601 g/mol. The molecule has 4 aromatic carbocycles. The fourth-order valence-corrected chi connectivity index (χ4v) is 26.9. The fourth-order valence-electron chi connectivity index (χ4n) is 5.90. The maximum Gasteiger partial charge on any atom is -1.00 e. The number of allylic oxidation sites excluding steroid dienone is 2.